The molecule has 0 nitrogen and oxygen atoms in total. The van der Waals surface area contributed by atoms with Crippen LogP contribution in [-0.4, -0.2) is 0 Å². The van der Waals surface area contributed by atoms with E-state index in [1.807, 2.05) is 0 Å². The van der Waals surface area contributed by atoms with E-state index in [0.717, 1.165) is 5.92 Å². The van der Waals surface area contributed by atoms with Gasteiger partial charge in [0.25, 0.3) is 0 Å². The maximum atomic E-state index is 3.91. The lowest BCUT2D eigenvalue weighted by Gasteiger charge is -2.33. The molecule has 1 aliphatic carbocycles. The molecule has 0 aromatic heterocycles. The SMILES string of the molecule is C=CC(C)(C)C1CC=C(C)CC1. The summed E-state index contributed by atoms with van der Waals surface area (Å²) < 4.78 is 0. The van der Waals surface area contributed by atoms with Gasteiger partial charge in [0.05, 0.1) is 0 Å². The van der Waals surface area contributed by atoms with Crippen molar-refractivity contribution in [2.45, 2.75) is 40.0 Å². The summed E-state index contributed by atoms with van der Waals surface area (Å²) in [5.41, 5.74) is 1.88. The van der Waals surface area contributed by atoms with Gasteiger partial charge in [-0.1, -0.05) is 31.6 Å². The van der Waals surface area contributed by atoms with Crippen LogP contribution in [0.5, 0.6) is 0 Å². The average Bonchev–Trinajstić information content (AvgIpc) is 2.05. The van der Waals surface area contributed by atoms with Crippen LogP contribution in [0, 0.1) is 11.3 Å². The Balaban J connectivity index is 2.62. The summed E-state index contributed by atoms with van der Waals surface area (Å²) in [6, 6.07) is 0. The first-order valence-corrected chi connectivity index (χ1v) is 4.85. The van der Waals surface area contributed by atoms with E-state index in [1.165, 1.54) is 19.3 Å². The fourth-order valence-electron chi connectivity index (χ4n) is 1.81. The lowest BCUT2D eigenvalue weighted by Crippen LogP contribution is -2.22. The van der Waals surface area contributed by atoms with Gasteiger partial charge in [-0.25, -0.2) is 0 Å². The fraction of sp³-hybridized carbons (Fsp3) is 0.667. The molecule has 0 bridgehead atoms. The van der Waals surface area contributed by atoms with Crippen molar-refractivity contribution in [3.8, 4) is 0 Å². The lowest BCUT2D eigenvalue weighted by molar-refractivity contribution is 0.260. The van der Waals surface area contributed by atoms with Gasteiger partial charge >= 0.3 is 0 Å². The number of hydrogen-bond donors (Lipinski definition) is 0. The van der Waals surface area contributed by atoms with Gasteiger partial charge in [-0.15, -0.1) is 6.58 Å². The molecule has 0 radical (unpaired) electrons. The van der Waals surface area contributed by atoms with Crippen LogP contribution in [0.4, 0.5) is 0 Å². The van der Waals surface area contributed by atoms with Crippen molar-refractivity contribution in [3.05, 3.63) is 24.3 Å². The highest BCUT2D eigenvalue weighted by molar-refractivity contribution is 5.07. The fourth-order valence-corrected chi connectivity index (χ4v) is 1.81. The first-order valence-electron chi connectivity index (χ1n) is 4.85. The molecule has 68 valence electrons. The summed E-state index contributed by atoms with van der Waals surface area (Å²) in [6.45, 7) is 10.7. The molecular weight excluding hydrogens is 144 g/mol. The van der Waals surface area contributed by atoms with Crippen LogP contribution < -0.4 is 0 Å². The van der Waals surface area contributed by atoms with Crippen molar-refractivity contribution >= 4 is 0 Å². The third-order valence-corrected chi connectivity index (χ3v) is 3.22. The second-order valence-electron chi connectivity index (χ2n) is 4.55. The maximum absolute atomic E-state index is 3.91. The number of rotatable bonds is 2. The Bertz CT molecular complexity index is 196. The quantitative estimate of drug-likeness (QED) is 0.542. The Morgan fingerprint density at radius 2 is 2.25 bits per heavy atom. The second kappa shape index (κ2) is 3.47. The molecule has 1 rings (SSSR count). The van der Waals surface area contributed by atoms with Crippen LogP contribution in [0.15, 0.2) is 24.3 Å². The molecule has 0 aliphatic heterocycles. The first-order chi connectivity index (χ1) is 5.56. The zero-order chi connectivity index (χ0) is 9.19. The van der Waals surface area contributed by atoms with E-state index in [1.54, 1.807) is 5.57 Å². The molecule has 0 aromatic rings. The predicted molar refractivity (Wildman–Crippen MR) is 55.1 cm³/mol. The lowest BCUT2D eigenvalue weighted by atomic mass is 9.72. The third kappa shape index (κ3) is 2.00. The van der Waals surface area contributed by atoms with Crippen LogP contribution in [0.1, 0.15) is 40.0 Å². The van der Waals surface area contributed by atoms with Crippen LogP contribution >= 0.6 is 0 Å². The molecule has 0 spiro atoms. The van der Waals surface area contributed by atoms with Crippen molar-refractivity contribution in [2.24, 2.45) is 11.3 Å². The molecule has 0 heterocycles. The maximum Gasteiger partial charge on any atom is -0.0146 e. The summed E-state index contributed by atoms with van der Waals surface area (Å²) in [5, 5.41) is 0. The molecule has 0 amide bonds. The topological polar surface area (TPSA) is 0 Å². The van der Waals surface area contributed by atoms with E-state index in [4.69, 9.17) is 0 Å². The summed E-state index contributed by atoms with van der Waals surface area (Å²) in [5.74, 6) is 0.804. The van der Waals surface area contributed by atoms with Crippen molar-refractivity contribution in [3.63, 3.8) is 0 Å². The van der Waals surface area contributed by atoms with Gasteiger partial charge in [0.2, 0.25) is 0 Å². The van der Waals surface area contributed by atoms with Gasteiger partial charge in [0.1, 0.15) is 0 Å². The van der Waals surface area contributed by atoms with Gasteiger partial charge < -0.3 is 0 Å². The predicted octanol–water partition coefficient (Wildman–Crippen LogP) is 3.95. The third-order valence-electron chi connectivity index (χ3n) is 3.22. The standard InChI is InChI=1S/C12H20/c1-5-12(3,4)11-8-6-10(2)7-9-11/h5-6,11H,1,7-9H2,2-4H3. The van der Waals surface area contributed by atoms with Crippen molar-refractivity contribution in [2.75, 3.05) is 0 Å². The highest BCUT2D eigenvalue weighted by Gasteiger charge is 2.26. The van der Waals surface area contributed by atoms with E-state index in [2.05, 4.69) is 39.5 Å². The summed E-state index contributed by atoms with van der Waals surface area (Å²) in [7, 11) is 0. The van der Waals surface area contributed by atoms with E-state index >= 15 is 0 Å². The van der Waals surface area contributed by atoms with Crippen LogP contribution in [-0.2, 0) is 0 Å². The molecule has 1 unspecified atom stereocenters. The minimum Gasteiger partial charge on any atom is -0.103 e. The monoisotopic (exact) mass is 164 g/mol. The van der Waals surface area contributed by atoms with Crippen molar-refractivity contribution < 1.29 is 0 Å². The molecule has 1 aliphatic rings. The van der Waals surface area contributed by atoms with Crippen LogP contribution in [0.3, 0.4) is 0 Å². The Labute approximate surface area is 76.4 Å². The zero-order valence-electron chi connectivity index (χ0n) is 8.56. The number of hydrogen-bond acceptors (Lipinski definition) is 0. The summed E-state index contributed by atoms with van der Waals surface area (Å²) in [4.78, 5) is 0. The molecule has 0 aromatic carbocycles. The Hall–Kier alpha value is -0.520. The van der Waals surface area contributed by atoms with Gasteiger partial charge in [0, 0.05) is 0 Å². The molecule has 0 fully saturated rings. The molecule has 1 atom stereocenters. The molecule has 0 saturated carbocycles. The molecule has 0 N–H and O–H groups in total. The van der Waals surface area contributed by atoms with E-state index in [9.17, 15) is 0 Å². The van der Waals surface area contributed by atoms with Gasteiger partial charge in [-0.05, 0) is 37.5 Å². The van der Waals surface area contributed by atoms with Crippen molar-refractivity contribution in [1.82, 2.24) is 0 Å². The normalized spacial score (nSPS) is 24.9. The van der Waals surface area contributed by atoms with Crippen molar-refractivity contribution in [1.29, 1.82) is 0 Å². The Morgan fingerprint density at radius 1 is 1.58 bits per heavy atom. The Morgan fingerprint density at radius 3 is 2.67 bits per heavy atom. The van der Waals surface area contributed by atoms with Gasteiger partial charge in [-0.2, -0.15) is 0 Å². The van der Waals surface area contributed by atoms with E-state index < -0.39 is 0 Å². The van der Waals surface area contributed by atoms with Crippen LogP contribution in [0.2, 0.25) is 0 Å². The van der Waals surface area contributed by atoms with E-state index in [-0.39, 0.29) is 0 Å². The molecule has 0 saturated heterocycles. The smallest absolute Gasteiger partial charge is 0.0146 e. The number of allylic oxidation sites excluding steroid dienone is 3. The minimum absolute atomic E-state index is 0.317. The zero-order valence-corrected chi connectivity index (χ0v) is 8.56. The minimum atomic E-state index is 0.317. The molecule has 0 heteroatoms. The van der Waals surface area contributed by atoms with Gasteiger partial charge in [-0.3, -0.25) is 0 Å². The van der Waals surface area contributed by atoms with Gasteiger partial charge in [0.15, 0.2) is 0 Å². The summed E-state index contributed by atoms with van der Waals surface area (Å²) >= 11 is 0. The first kappa shape index (κ1) is 9.57. The average molecular weight is 164 g/mol. The molecular formula is C12H20. The second-order valence-corrected chi connectivity index (χ2v) is 4.55. The largest absolute Gasteiger partial charge is 0.103 e. The highest BCUT2D eigenvalue weighted by atomic mass is 14.3. The van der Waals surface area contributed by atoms with Crippen LogP contribution in [0.25, 0.3) is 0 Å². The molecule has 12 heavy (non-hydrogen) atoms. The summed E-state index contributed by atoms with van der Waals surface area (Å²) in [6.07, 6.45) is 8.35. The highest BCUT2D eigenvalue weighted by Crippen LogP contribution is 2.37. The Kier molecular flexibility index (Phi) is 2.76. The van der Waals surface area contributed by atoms with E-state index in [0.29, 0.717) is 5.41 Å².